The third-order valence-electron chi connectivity index (χ3n) is 3.23. The zero-order chi connectivity index (χ0) is 16.5. The number of hydrogen-bond acceptors (Lipinski definition) is 3. The van der Waals surface area contributed by atoms with E-state index in [-0.39, 0.29) is 11.6 Å². The van der Waals surface area contributed by atoms with Crippen LogP contribution in [0.2, 0.25) is 0 Å². The molecule has 1 aliphatic carbocycles. The quantitative estimate of drug-likeness (QED) is 0.854. The lowest BCUT2D eigenvalue weighted by Gasteiger charge is -2.20. The number of benzene rings is 1. The molecular weight excluding hydrogens is 321 g/mol. The number of nitrogens with zero attached hydrogens (tertiary/aromatic N) is 1. The number of alkyl halides is 3. The Bertz CT molecular complexity index is 669. The Morgan fingerprint density at radius 2 is 1.95 bits per heavy atom. The molecule has 2 rings (SSSR count). The van der Waals surface area contributed by atoms with Crippen molar-refractivity contribution in [1.82, 2.24) is 4.31 Å². The molecule has 0 aromatic heterocycles. The molecule has 0 heterocycles. The van der Waals surface area contributed by atoms with Crippen LogP contribution in [0, 0.1) is 0 Å². The van der Waals surface area contributed by atoms with Gasteiger partial charge in [0.05, 0.1) is 17.9 Å². The summed E-state index contributed by atoms with van der Waals surface area (Å²) in [6.45, 7) is -0.452. The zero-order valence-corrected chi connectivity index (χ0v) is 12.3. The van der Waals surface area contributed by atoms with Crippen molar-refractivity contribution < 1.29 is 26.4 Å². The van der Waals surface area contributed by atoms with Crippen LogP contribution in [0.1, 0.15) is 24.0 Å². The normalized spacial score (nSPS) is 16.0. The van der Waals surface area contributed by atoms with Crippen LogP contribution < -0.4 is 5.73 Å². The lowest BCUT2D eigenvalue weighted by atomic mass is 10.1. The number of halogens is 3. The maximum Gasteiger partial charge on any atom is 0.416 e. The molecule has 122 valence electrons. The van der Waals surface area contributed by atoms with Crippen molar-refractivity contribution in [3.63, 3.8) is 0 Å². The second-order valence-electron chi connectivity index (χ2n) is 5.20. The Morgan fingerprint density at radius 1 is 1.32 bits per heavy atom. The van der Waals surface area contributed by atoms with Gasteiger partial charge in [-0.25, -0.2) is 8.42 Å². The molecule has 0 bridgehead atoms. The second kappa shape index (κ2) is 5.88. The standard InChI is InChI=1S/C13H15F3N2O3S/c14-13(15,16)10-3-1-2-9(6-10)8-22(20,21)18(7-12(17)19)11-4-5-11/h1-3,6,11H,4-5,7-8H2,(H2,17,19). The second-order valence-corrected chi connectivity index (χ2v) is 7.12. The van der Waals surface area contributed by atoms with E-state index in [1.165, 1.54) is 6.07 Å². The molecule has 0 saturated heterocycles. The summed E-state index contributed by atoms with van der Waals surface area (Å²) in [6.07, 6.45) is -3.30. The van der Waals surface area contributed by atoms with Crippen LogP contribution in [0.15, 0.2) is 24.3 Å². The first-order valence-corrected chi connectivity index (χ1v) is 8.14. The van der Waals surface area contributed by atoms with Crippen LogP contribution in [-0.2, 0) is 26.7 Å². The Morgan fingerprint density at radius 3 is 2.45 bits per heavy atom. The molecular formula is C13H15F3N2O3S. The maximum atomic E-state index is 12.6. The Hall–Kier alpha value is -1.61. The van der Waals surface area contributed by atoms with E-state index in [1.807, 2.05) is 0 Å². The molecule has 1 amide bonds. The van der Waals surface area contributed by atoms with E-state index in [0.717, 1.165) is 22.5 Å². The molecule has 1 fully saturated rings. The smallest absolute Gasteiger partial charge is 0.369 e. The minimum absolute atomic E-state index is 0.0185. The number of carbonyl (C=O) groups excluding carboxylic acids is 1. The number of nitrogens with two attached hydrogens (primary N) is 1. The highest BCUT2D eigenvalue weighted by Crippen LogP contribution is 2.32. The molecule has 9 heteroatoms. The lowest BCUT2D eigenvalue weighted by molar-refractivity contribution is -0.137. The maximum absolute atomic E-state index is 12.6. The van der Waals surface area contributed by atoms with Gasteiger partial charge in [0, 0.05) is 6.04 Å². The summed E-state index contributed by atoms with van der Waals surface area (Å²) >= 11 is 0. The molecule has 0 unspecified atom stereocenters. The van der Waals surface area contributed by atoms with Gasteiger partial charge in [0.2, 0.25) is 15.9 Å². The molecule has 0 spiro atoms. The fraction of sp³-hybridized carbons (Fsp3) is 0.462. The number of carbonyl (C=O) groups is 1. The highest BCUT2D eigenvalue weighted by molar-refractivity contribution is 7.88. The van der Waals surface area contributed by atoms with Gasteiger partial charge < -0.3 is 5.73 Å². The van der Waals surface area contributed by atoms with E-state index in [0.29, 0.717) is 12.8 Å². The summed E-state index contributed by atoms with van der Waals surface area (Å²) in [6, 6.07) is 3.85. The Labute approximate surface area is 125 Å². The van der Waals surface area contributed by atoms with Crippen molar-refractivity contribution in [3.05, 3.63) is 35.4 Å². The first-order valence-electron chi connectivity index (χ1n) is 6.53. The van der Waals surface area contributed by atoms with Crippen molar-refractivity contribution in [3.8, 4) is 0 Å². The zero-order valence-electron chi connectivity index (χ0n) is 11.5. The van der Waals surface area contributed by atoms with Gasteiger partial charge in [-0.05, 0) is 24.5 Å². The van der Waals surface area contributed by atoms with Gasteiger partial charge in [-0.15, -0.1) is 0 Å². The van der Waals surface area contributed by atoms with Gasteiger partial charge in [-0.2, -0.15) is 17.5 Å². The molecule has 1 aliphatic rings. The van der Waals surface area contributed by atoms with Gasteiger partial charge in [0.15, 0.2) is 0 Å². The number of rotatable bonds is 6. The van der Waals surface area contributed by atoms with Gasteiger partial charge in [-0.3, -0.25) is 4.79 Å². The molecule has 1 aromatic rings. The van der Waals surface area contributed by atoms with Gasteiger partial charge in [0.1, 0.15) is 0 Å². The summed E-state index contributed by atoms with van der Waals surface area (Å²) in [4.78, 5) is 11.0. The summed E-state index contributed by atoms with van der Waals surface area (Å²) in [5.41, 5.74) is 4.15. The lowest BCUT2D eigenvalue weighted by Crippen LogP contribution is -2.40. The summed E-state index contributed by atoms with van der Waals surface area (Å²) in [5, 5.41) is 0. The van der Waals surface area contributed by atoms with E-state index in [4.69, 9.17) is 5.73 Å². The average Bonchev–Trinajstić information content (AvgIpc) is 3.18. The molecule has 5 nitrogen and oxygen atoms in total. The molecule has 0 atom stereocenters. The summed E-state index contributed by atoms with van der Waals surface area (Å²) in [7, 11) is -3.90. The van der Waals surface area contributed by atoms with Crippen molar-refractivity contribution >= 4 is 15.9 Å². The first kappa shape index (κ1) is 16.8. The van der Waals surface area contributed by atoms with Crippen molar-refractivity contribution in [2.45, 2.75) is 30.8 Å². The van der Waals surface area contributed by atoms with Gasteiger partial charge in [-0.1, -0.05) is 18.2 Å². The number of hydrogen-bond donors (Lipinski definition) is 1. The highest BCUT2D eigenvalue weighted by atomic mass is 32.2. The summed E-state index contributed by atoms with van der Waals surface area (Å²) in [5.74, 6) is -1.39. The topological polar surface area (TPSA) is 80.5 Å². The molecule has 1 saturated carbocycles. The Kier molecular flexibility index (Phi) is 4.48. The number of primary amides is 1. The van der Waals surface area contributed by atoms with Gasteiger partial charge in [0.25, 0.3) is 0 Å². The van der Waals surface area contributed by atoms with Crippen LogP contribution in [0.25, 0.3) is 0 Å². The van der Waals surface area contributed by atoms with Crippen LogP contribution in [0.3, 0.4) is 0 Å². The third kappa shape index (κ3) is 4.20. The van der Waals surface area contributed by atoms with Crippen LogP contribution >= 0.6 is 0 Å². The minimum atomic E-state index is -4.54. The fourth-order valence-electron chi connectivity index (χ4n) is 2.10. The van der Waals surface area contributed by atoms with E-state index < -0.39 is 40.0 Å². The Balaban J connectivity index is 2.22. The van der Waals surface area contributed by atoms with E-state index >= 15 is 0 Å². The van der Waals surface area contributed by atoms with Crippen LogP contribution in [0.5, 0.6) is 0 Å². The van der Waals surface area contributed by atoms with E-state index in [2.05, 4.69) is 0 Å². The third-order valence-corrected chi connectivity index (χ3v) is 5.07. The SMILES string of the molecule is NC(=O)CN(C1CC1)S(=O)(=O)Cc1cccc(C(F)(F)F)c1. The molecule has 0 aliphatic heterocycles. The first-order chi connectivity index (χ1) is 10.1. The molecule has 1 aromatic carbocycles. The molecule has 2 N–H and O–H groups in total. The number of sulfonamides is 1. The van der Waals surface area contributed by atoms with E-state index in [1.54, 1.807) is 0 Å². The average molecular weight is 336 g/mol. The fourth-order valence-corrected chi connectivity index (χ4v) is 3.86. The number of amides is 1. The summed E-state index contributed by atoms with van der Waals surface area (Å²) < 4.78 is 63.6. The highest BCUT2D eigenvalue weighted by Gasteiger charge is 2.38. The van der Waals surface area contributed by atoms with Crippen LogP contribution in [-0.4, -0.2) is 31.2 Å². The van der Waals surface area contributed by atoms with Crippen LogP contribution in [0.4, 0.5) is 13.2 Å². The van der Waals surface area contributed by atoms with Crippen molar-refractivity contribution in [1.29, 1.82) is 0 Å². The largest absolute Gasteiger partial charge is 0.416 e. The van der Waals surface area contributed by atoms with Crippen molar-refractivity contribution in [2.24, 2.45) is 5.73 Å². The monoisotopic (exact) mass is 336 g/mol. The molecule has 22 heavy (non-hydrogen) atoms. The minimum Gasteiger partial charge on any atom is -0.369 e. The van der Waals surface area contributed by atoms with E-state index in [9.17, 15) is 26.4 Å². The van der Waals surface area contributed by atoms with Crippen molar-refractivity contribution in [2.75, 3.05) is 6.54 Å². The molecule has 0 radical (unpaired) electrons. The van der Waals surface area contributed by atoms with Gasteiger partial charge >= 0.3 is 6.18 Å². The predicted octanol–water partition coefficient (Wildman–Crippen LogP) is 1.48. The predicted molar refractivity (Wildman–Crippen MR) is 73.0 cm³/mol.